The molecule has 3 aromatic carbocycles. The van der Waals surface area contributed by atoms with Crippen LogP contribution in [0.4, 0.5) is 10.1 Å². The SMILES string of the molecule is O=C(Cn1ncn2nc(-c3cccc4ccccc34)cc2c1=O)Nc1ccc(F)cc1. The number of benzene rings is 3. The van der Waals surface area contributed by atoms with Crippen LogP contribution in [0.1, 0.15) is 0 Å². The number of fused-ring (bicyclic) bond motifs is 2. The molecule has 1 amide bonds. The average molecular weight is 413 g/mol. The second-order valence-electron chi connectivity index (χ2n) is 7.03. The molecule has 0 spiro atoms. The third-order valence-corrected chi connectivity index (χ3v) is 4.98. The minimum Gasteiger partial charge on any atom is -0.324 e. The first kappa shape index (κ1) is 18.7. The van der Waals surface area contributed by atoms with Crippen LogP contribution in [0.5, 0.6) is 0 Å². The summed E-state index contributed by atoms with van der Waals surface area (Å²) in [6.45, 7) is -0.276. The summed E-state index contributed by atoms with van der Waals surface area (Å²) in [6, 6.07) is 20.9. The Morgan fingerprint density at radius 2 is 1.77 bits per heavy atom. The van der Waals surface area contributed by atoms with Crippen LogP contribution in [0.2, 0.25) is 0 Å². The fraction of sp³-hybridized carbons (Fsp3) is 0.0435. The van der Waals surface area contributed by atoms with Crippen LogP contribution in [0.25, 0.3) is 27.5 Å². The highest BCUT2D eigenvalue weighted by Crippen LogP contribution is 2.27. The summed E-state index contributed by atoms with van der Waals surface area (Å²) in [6.07, 6.45) is 1.40. The fourth-order valence-electron chi connectivity index (χ4n) is 3.50. The highest BCUT2D eigenvalue weighted by atomic mass is 19.1. The van der Waals surface area contributed by atoms with Gasteiger partial charge in [0.25, 0.3) is 5.56 Å². The van der Waals surface area contributed by atoms with Gasteiger partial charge in [0.1, 0.15) is 24.2 Å². The molecule has 0 saturated heterocycles. The Morgan fingerprint density at radius 3 is 2.61 bits per heavy atom. The van der Waals surface area contributed by atoms with Crippen LogP contribution in [-0.4, -0.2) is 25.3 Å². The van der Waals surface area contributed by atoms with Gasteiger partial charge in [0, 0.05) is 11.3 Å². The van der Waals surface area contributed by atoms with E-state index >= 15 is 0 Å². The molecule has 0 aliphatic heterocycles. The first-order valence-corrected chi connectivity index (χ1v) is 9.57. The molecule has 2 heterocycles. The molecule has 0 unspecified atom stereocenters. The van der Waals surface area contributed by atoms with Gasteiger partial charge in [0.15, 0.2) is 0 Å². The van der Waals surface area contributed by atoms with E-state index in [1.807, 2.05) is 42.5 Å². The third kappa shape index (κ3) is 3.55. The van der Waals surface area contributed by atoms with Gasteiger partial charge in [-0.15, -0.1) is 0 Å². The van der Waals surface area contributed by atoms with Crippen LogP contribution in [-0.2, 0) is 11.3 Å². The fourth-order valence-corrected chi connectivity index (χ4v) is 3.50. The van der Waals surface area contributed by atoms with Crippen molar-refractivity contribution in [2.75, 3.05) is 5.32 Å². The molecule has 0 bridgehead atoms. The normalized spacial score (nSPS) is 11.1. The molecule has 8 heteroatoms. The molecular weight excluding hydrogens is 397 g/mol. The number of hydrogen-bond donors (Lipinski definition) is 1. The van der Waals surface area contributed by atoms with Gasteiger partial charge >= 0.3 is 0 Å². The van der Waals surface area contributed by atoms with E-state index in [0.29, 0.717) is 16.9 Å². The van der Waals surface area contributed by atoms with E-state index in [-0.39, 0.29) is 6.54 Å². The lowest BCUT2D eigenvalue weighted by Crippen LogP contribution is -2.30. The van der Waals surface area contributed by atoms with Crippen molar-refractivity contribution in [1.29, 1.82) is 0 Å². The van der Waals surface area contributed by atoms with Gasteiger partial charge in [-0.3, -0.25) is 9.59 Å². The van der Waals surface area contributed by atoms with E-state index in [1.165, 1.54) is 35.1 Å². The molecule has 5 rings (SSSR count). The topological polar surface area (TPSA) is 81.3 Å². The van der Waals surface area contributed by atoms with Crippen molar-refractivity contribution < 1.29 is 9.18 Å². The lowest BCUT2D eigenvalue weighted by Gasteiger charge is -2.06. The number of rotatable bonds is 4. The maximum Gasteiger partial charge on any atom is 0.293 e. The average Bonchev–Trinajstić information content (AvgIpc) is 3.22. The number of nitrogens with zero attached hydrogens (tertiary/aromatic N) is 4. The summed E-state index contributed by atoms with van der Waals surface area (Å²) < 4.78 is 15.5. The number of carbonyl (C=O) groups is 1. The molecule has 0 atom stereocenters. The Labute approximate surface area is 175 Å². The van der Waals surface area contributed by atoms with E-state index in [4.69, 9.17) is 0 Å². The minimum atomic E-state index is -0.445. The van der Waals surface area contributed by atoms with E-state index < -0.39 is 17.3 Å². The molecule has 0 fully saturated rings. The number of aromatic nitrogens is 4. The van der Waals surface area contributed by atoms with Gasteiger partial charge in [-0.05, 0) is 41.1 Å². The van der Waals surface area contributed by atoms with Crippen LogP contribution >= 0.6 is 0 Å². The highest BCUT2D eigenvalue weighted by Gasteiger charge is 2.14. The van der Waals surface area contributed by atoms with E-state index in [1.54, 1.807) is 6.07 Å². The third-order valence-electron chi connectivity index (χ3n) is 4.98. The summed E-state index contributed by atoms with van der Waals surface area (Å²) in [5, 5.41) is 13.3. The number of hydrogen-bond acceptors (Lipinski definition) is 4. The zero-order chi connectivity index (χ0) is 21.4. The summed E-state index contributed by atoms with van der Waals surface area (Å²) in [5.41, 5.74) is 1.86. The molecule has 1 N–H and O–H groups in total. The number of amides is 1. The predicted octanol–water partition coefficient (Wildman–Crippen LogP) is 3.49. The van der Waals surface area contributed by atoms with E-state index in [2.05, 4.69) is 15.5 Å². The van der Waals surface area contributed by atoms with Crippen molar-refractivity contribution in [2.45, 2.75) is 6.54 Å². The molecule has 31 heavy (non-hydrogen) atoms. The monoisotopic (exact) mass is 413 g/mol. The Bertz CT molecular complexity index is 1480. The number of nitrogens with one attached hydrogen (secondary N) is 1. The Balaban J connectivity index is 1.47. The summed E-state index contributed by atoms with van der Waals surface area (Å²) in [5.74, 6) is -0.844. The second-order valence-corrected chi connectivity index (χ2v) is 7.03. The van der Waals surface area contributed by atoms with Crippen LogP contribution in [0, 0.1) is 5.82 Å². The van der Waals surface area contributed by atoms with Crippen molar-refractivity contribution in [2.24, 2.45) is 0 Å². The Morgan fingerprint density at radius 1 is 1.00 bits per heavy atom. The molecule has 0 saturated carbocycles. The zero-order valence-corrected chi connectivity index (χ0v) is 16.2. The van der Waals surface area contributed by atoms with Crippen molar-refractivity contribution in [3.05, 3.63) is 95.3 Å². The Hall–Kier alpha value is -4.33. The summed E-state index contributed by atoms with van der Waals surface area (Å²) >= 11 is 0. The molecule has 0 aliphatic rings. The van der Waals surface area contributed by atoms with E-state index in [9.17, 15) is 14.0 Å². The molecule has 0 aliphatic carbocycles. The van der Waals surface area contributed by atoms with Gasteiger partial charge in [-0.2, -0.15) is 10.2 Å². The first-order valence-electron chi connectivity index (χ1n) is 9.57. The smallest absolute Gasteiger partial charge is 0.293 e. The first-order chi connectivity index (χ1) is 15.1. The molecular formula is C23H16FN5O2. The van der Waals surface area contributed by atoms with Crippen molar-refractivity contribution in [3.63, 3.8) is 0 Å². The number of halogens is 1. The summed E-state index contributed by atoms with van der Waals surface area (Å²) in [4.78, 5) is 25.2. The molecule has 152 valence electrons. The standard InChI is InChI=1S/C23H16FN5O2/c24-16-8-10-17(11-9-16)26-22(30)13-28-23(31)21-12-20(27-29(21)14-25-28)19-7-3-5-15-4-1-2-6-18(15)19/h1-12,14H,13H2,(H,26,30). The lowest BCUT2D eigenvalue weighted by molar-refractivity contribution is -0.117. The van der Waals surface area contributed by atoms with Crippen LogP contribution in [0.3, 0.4) is 0 Å². The summed E-state index contributed by atoms with van der Waals surface area (Å²) in [7, 11) is 0. The number of anilines is 1. The predicted molar refractivity (Wildman–Crippen MR) is 115 cm³/mol. The molecule has 2 aromatic heterocycles. The Kier molecular flexibility index (Phi) is 4.51. The van der Waals surface area contributed by atoms with Crippen molar-refractivity contribution in [3.8, 4) is 11.3 Å². The van der Waals surface area contributed by atoms with Gasteiger partial charge in [-0.1, -0.05) is 42.5 Å². The maximum atomic E-state index is 13.0. The van der Waals surface area contributed by atoms with E-state index in [0.717, 1.165) is 21.0 Å². The maximum absolute atomic E-state index is 13.0. The van der Waals surface area contributed by atoms with Crippen LogP contribution < -0.4 is 10.9 Å². The van der Waals surface area contributed by atoms with Gasteiger partial charge < -0.3 is 5.32 Å². The molecule has 0 radical (unpaired) electrons. The lowest BCUT2D eigenvalue weighted by atomic mass is 10.0. The van der Waals surface area contributed by atoms with Gasteiger partial charge in [-0.25, -0.2) is 13.6 Å². The molecule has 5 aromatic rings. The quantitative estimate of drug-likeness (QED) is 0.489. The minimum absolute atomic E-state index is 0.276. The van der Waals surface area contributed by atoms with Gasteiger partial charge in [0.05, 0.1) is 5.69 Å². The largest absolute Gasteiger partial charge is 0.324 e. The van der Waals surface area contributed by atoms with Gasteiger partial charge in [0.2, 0.25) is 5.91 Å². The second kappa shape index (κ2) is 7.49. The van der Waals surface area contributed by atoms with Crippen molar-refractivity contribution >= 4 is 27.9 Å². The van der Waals surface area contributed by atoms with Crippen molar-refractivity contribution in [1.82, 2.24) is 19.4 Å². The van der Waals surface area contributed by atoms with Crippen LogP contribution in [0.15, 0.2) is 83.9 Å². The highest BCUT2D eigenvalue weighted by molar-refractivity contribution is 5.96. The number of carbonyl (C=O) groups excluding carboxylic acids is 1. The molecule has 7 nitrogen and oxygen atoms in total. The zero-order valence-electron chi connectivity index (χ0n) is 16.2.